The van der Waals surface area contributed by atoms with E-state index in [2.05, 4.69) is 50.9 Å². The molecular formula is C34H67Cl3NaO4S6+. The second-order valence-electron chi connectivity index (χ2n) is 11.3. The van der Waals surface area contributed by atoms with Crippen LogP contribution in [0.1, 0.15) is 171 Å². The third kappa shape index (κ3) is 82.0. The Morgan fingerprint density at radius 3 is 1.25 bits per heavy atom. The molecule has 0 rings (SSSR count). The van der Waals surface area contributed by atoms with Gasteiger partial charge in [0.1, 0.15) is 14.1 Å². The van der Waals surface area contributed by atoms with E-state index in [0.29, 0.717) is 0 Å². The van der Waals surface area contributed by atoms with Gasteiger partial charge in [0.2, 0.25) is 0 Å². The average molecular weight is 862 g/mol. The molecule has 14 heteroatoms. The average Bonchev–Trinajstić information content (AvgIpc) is 2.95. The molecular weight excluding hydrogens is 794 g/mol. The van der Waals surface area contributed by atoms with Crippen LogP contribution in [0.15, 0.2) is 0 Å². The van der Waals surface area contributed by atoms with Crippen LogP contribution in [0.5, 0.6) is 0 Å². The van der Waals surface area contributed by atoms with Crippen molar-refractivity contribution in [2.24, 2.45) is 0 Å². The molecule has 0 heterocycles. The fraction of sp³-hybridized carbons (Fsp3) is 0.882. The summed E-state index contributed by atoms with van der Waals surface area (Å²) in [5.74, 6) is 1.44. The first-order chi connectivity index (χ1) is 21.7. The molecule has 0 saturated carbocycles. The van der Waals surface area contributed by atoms with Crippen LogP contribution < -0.4 is 29.6 Å². The molecule has 48 heavy (non-hydrogen) atoms. The van der Waals surface area contributed by atoms with Gasteiger partial charge >= 0.3 is 37.0 Å². The molecule has 0 bridgehead atoms. The minimum absolute atomic E-state index is 0. The number of thioether (sulfide) groups is 2. The quantitative estimate of drug-likeness (QED) is 0.0343. The number of hydrogen-bond donors (Lipinski definition) is 2. The third-order valence-corrected chi connectivity index (χ3v) is 9.19. The Morgan fingerprint density at radius 1 is 0.750 bits per heavy atom. The van der Waals surface area contributed by atoms with E-state index in [-0.39, 0.29) is 42.2 Å². The zero-order valence-electron chi connectivity index (χ0n) is 32.0. The van der Waals surface area contributed by atoms with Gasteiger partial charge in [0, 0.05) is 4.31 Å². The monoisotopic (exact) mass is 859 g/mol. The first kappa shape index (κ1) is 65.2. The van der Waals surface area contributed by atoms with Crippen molar-refractivity contribution in [3.63, 3.8) is 0 Å². The number of carboxylic acids is 1. The number of halogens is 3. The first-order valence-electron chi connectivity index (χ1n) is 16.8. The Balaban J connectivity index is -0.0000000880. The second kappa shape index (κ2) is 56.1. The minimum Gasteiger partial charge on any atom is -0.870 e. The van der Waals surface area contributed by atoms with Gasteiger partial charge in [0.25, 0.3) is 0 Å². The van der Waals surface area contributed by atoms with Crippen molar-refractivity contribution in [1.29, 1.82) is 0 Å². The molecule has 0 aromatic heterocycles. The summed E-state index contributed by atoms with van der Waals surface area (Å²) >= 11 is 34.7. The maximum Gasteiger partial charge on any atom is 1.00 e. The molecule has 0 amide bonds. The largest absolute Gasteiger partial charge is 1.00 e. The molecule has 0 aliphatic rings. The molecule has 2 N–H and O–H groups in total. The standard InChI is InChI=1S/C17H32O2S3.C12H26S.C3H6O.CHCl3.CS2.Na.H2O/c1-4-5-6-7-8-9-10-11-12-13-14-21-16(20)22-17(2,3)15(18)19;1-2-3-4-5-6-7-8-9-10-11-12-13;1-3(2)4;2-1(3)4;2-1-3;;/h4-14H2,1-3H3,(H,18,19);13H,2-12H2,1H3;1-2H3;1H;;;1H2/q;;;;;+1;. The van der Waals surface area contributed by atoms with Gasteiger partial charge in [-0.15, -0.1) is 11.8 Å². The van der Waals surface area contributed by atoms with Gasteiger partial charge in [-0.05, 0) is 76.5 Å². The number of carbonyl (C=O) groups is 2. The van der Waals surface area contributed by atoms with Crippen LogP contribution in [-0.2, 0) is 9.59 Å². The van der Waals surface area contributed by atoms with Gasteiger partial charge in [-0.3, -0.25) is 4.79 Å². The smallest absolute Gasteiger partial charge is 0.870 e. The zero-order valence-corrected chi connectivity index (χ0v) is 40.2. The summed E-state index contributed by atoms with van der Waals surface area (Å²) in [4.78, 5) is 20.5. The van der Waals surface area contributed by atoms with Crippen molar-refractivity contribution in [1.82, 2.24) is 0 Å². The molecule has 0 spiro atoms. The van der Waals surface area contributed by atoms with E-state index in [1.165, 1.54) is 154 Å². The number of Topliss-reactive ketones (excluding diaryl/α,β-unsaturated/α-hetero) is 1. The van der Waals surface area contributed by atoms with E-state index in [9.17, 15) is 9.59 Å². The van der Waals surface area contributed by atoms with Gasteiger partial charge in [0.05, 0.1) is 0 Å². The number of carbonyl (C=O) groups excluding carboxylic acids is 1. The Hall–Kier alpha value is 2.33. The van der Waals surface area contributed by atoms with Crippen molar-refractivity contribution in [3.05, 3.63) is 0 Å². The number of rotatable bonds is 23. The summed E-state index contributed by atoms with van der Waals surface area (Å²) in [5.41, 5.74) is 0. The van der Waals surface area contributed by atoms with Gasteiger partial charge in [-0.25, -0.2) is 0 Å². The Bertz CT molecular complexity index is 694. The molecule has 0 aliphatic carbocycles. The fourth-order valence-electron chi connectivity index (χ4n) is 3.63. The van der Waals surface area contributed by atoms with E-state index in [0.717, 1.165) is 15.0 Å². The topological polar surface area (TPSA) is 84.4 Å². The van der Waals surface area contributed by atoms with Gasteiger partial charge < -0.3 is 15.4 Å². The van der Waals surface area contributed by atoms with E-state index >= 15 is 0 Å². The number of carboxylic acid groups (broad SMARTS) is 1. The summed E-state index contributed by atoms with van der Waals surface area (Å²) in [5, 5.41) is 9.06. The van der Waals surface area contributed by atoms with Crippen LogP contribution in [0.4, 0.5) is 0 Å². The fourth-order valence-corrected chi connectivity index (χ4v) is 6.85. The zero-order chi connectivity index (χ0) is 36.5. The van der Waals surface area contributed by atoms with E-state index in [4.69, 9.17) is 52.1 Å². The molecule has 0 aromatic rings. The molecule has 0 fully saturated rings. The molecule has 284 valence electrons. The number of thiol groups is 1. The molecule has 4 nitrogen and oxygen atoms in total. The summed E-state index contributed by atoms with van der Waals surface area (Å²) in [6.45, 7) is 11.0. The Labute approximate surface area is 365 Å². The van der Waals surface area contributed by atoms with Crippen LogP contribution in [0.25, 0.3) is 0 Å². The van der Waals surface area contributed by atoms with Crippen molar-refractivity contribution < 1.29 is 51.2 Å². The van der Waals surface area contributed by atoms with Crippen LogP contribution in [0.3, 0.4) is 0 Å². The summed E-state index contributed by atoms with van der Waals surface area (Å²) in [7, 11) is 0. The van der Waals surface area contributed by atoms with Gasteiger partial charge in [-0.2, -0.15) is 12.6 Å². The predicted octanol–water partition coefficient (Wildman–Crippen LogP) is 11.9. The van der Waals surface area contributed by atoms with Crippen molar-refractivity contribution in [3.8, 4) is 0 Å². The number of hydrogen-bond acceptors (Lipinski definition) is 9. The van der Waals surface area contributed by atoms with E-state index < -0.39 is 15.0 Å². The number of thiocarbonyl (C=S) groups is 3. The van der Waals surface area contributed by atoms with Crippen molar-refractivity contribution in [2.75, 3.05) is 11.5 Å². The van der Waals surface area contributed by atoms with Gasteiger partial charge in [-0.1, -0.05) is 188 Å². The van der Waals surface area contributed by atoms with Crippen LogP contribution in [-0.4, -0.2) is 50.7 Å². The van der Waals surface area contributed by atoms with Gasteiger partial charge in [0.15, 0.2) is 4.30 Å². The summed E-state index contributed by atoms with van der Waals surface area (Å²) in [6.07, 6.45) is 27.5. The minimum atomic E-state index is -0.818. The van der Waals surface area contributed by atoms with E-state index in [1.807, 2.05) is 4.31 Å². The molecule has 0 aromatic carbocycles. The number of aliphatic carboxylic acids is 1. The first-order valence-corrected chi connectivity index (χ1v) is 21.7. The molecule has 0 radical (unpaired) electrons. The van der Waals surface area contributed by atoms with Crippen LogP contribution >= 0.6 is 108 Å². The molecule has 0 saturated heterocycles. The molecule has 0 unspecified atom stereocenters. The van der Waals surface area contributed by atoms with Crippen molar-refractivity contribution in [2.45, 2.75) is 179 Å². The van der Waals surface area contributed by atoms with E-state index in [1.54, 1.807) is 25.6 Å². The maximum atomic E-state index is 11.0. The maximum absolute atomic E-state index is 11.0. The number of unbranched alkanes of at least 4 members (excludes halogenated alkanes) is 18. The van der Waals surface area contributed by atoms with Crippen LogP contribution in [0.2, 0.25) is 0 Å². The second-order valence-corrected chi connectivity index (χ2v) is 18.4. The third-order valence-electron chi connectivity index (χ3n) is 6.08. The normalized spacial score (nSPS) is 9.65. The SMILES string of the molecule is CC(C)=O.CCCCCCCCCCCCS.CCCCCCCCCCCCSC(=S)SC(C)(C)C(=O)O.ClC(Cl)Cl.S=C=S.[H+].[Na+].[OH-]. The predicted molar refractivity (Wildman–Crippen MR) is 233 cm³/mol. The Morgan fingerprint density at radius 2 is 1.00 bits per heavy atom. The summed E-state index contributed by atoms with van der Waals surface area (Å²) < 4.78 is 1.10. The molecule has 0 aliphatic heterocycles. The number of ketones is 1. The molecule has 0 atom stereocenters. The summed E-state index contributed by atoms with van der Waals surface area (Å²) in [6, 6.07) is 0. The van der Waals surface area contributed by atoms with Crippen molar-refractivity contribution >= 4 is 127 Å². The van der Waals surface area contributed by atoms with Crippen LogP contribution in [0, 0.1) is 0 Å². The Kier molecular flexibility index (Phi) is 76.2. The number of alkyl halides is 3.